The minimum Gasteiger partial charge on any atom is -0.507 e. The normalized spacial score (nSPS) is 15.9. The molecule has 1 saturated heterocycles. The van der Waals surface area contributed by atoms with Crippen LogP contribution in [0.4, 0.5) is 0 Å². The van der Waals surface area contributed by atoms with Crippen molar-refractivity contribution < 1.29 is 14.6 Å². The number of rotatable bonds is 5. The second kappa shape index (κ2) is 8.59. The predicted molar refractivity (Wildman–Crippen MR) is 112 cm³/mol. The largest absolute Gasteiger partial charge is 0.507 e. The van der Waals surface area contributed by atoms with E-state index in [9.17, 15) is 9.90 Å². The Morgan fingerprint density at radius 3 is 2.66 bits per heavy atom. The summed E-state index contributed by atoms with van der Waals surface area (Å²) in [7, 11) is 1.39. The number of aromatic hydroxyl groups is 1. The van der Waals surface area contributed by atoms with Gasteiger partial charge in [-0.1, -0.05) is 24.3 Å². The maximum absolute atomic E-state index is 12.2. The lowest BCUT2D eigenvalue weighted by molar-refractivity contribution is -0.139. The number of hydrogen-bond donors (Lipinski definition) is 2. The molecule has 0 amide bonds. The summed E-state index contributed by atoms with van der Waals surface area (Å²) in [5.74, 6) is -0.0999. The molecule has 2 aromatic carbocycles. The number of esters is 1. The molecule has 0 aliphatic carbocycles. The summed E-state index contributed by atoms with van der Waals surface area (Å²) in [5, 5.41) is 16.4. The molecule has 4 rings (SSSR count). The van der Waals surface area contributed by atoms with Crippen LogP contribution in [0.1, 0.15) is 22.7 Å². The minimum atomic E-state index is -0.324. The molecule has 1 aliphatic rings. The Morgan fingerprint density at radius 1 is 1.21 bits per heavy atom. The summed E-state index contributed by atoms with van der Waals surface area (Å²) < 4.78 is 4.94. The number of phenolic OH excluding ortho intramolecular Hbond substituents is 1. The van der Waals surface area contributed by atoms with Crippen LogP contribution in [0.3, 0.4) is 0 Å². The fraction of sp³-hybridized carbons (Fsp3) is 0.304. The van der Waals surface area contributed by atoms with E-state index in [1.165, 1.54) is 7.11 Å². The second-order valence-corrected chi connectivity index (χ2v) is 7.24. The molecule has 0 radical (unpaired) electrons. The van der Waals surface area contributed by atoms with E-state index in [4.69, 9.17) is 4.74 Å². The van der Waals surface area contributed by atoms with E-state index in [1.54, 1.807) is 12.4 Å². The summed E-state index contributed by atoms with van der Waals surface area (Å²) in [6.45, 7) is 3.44. The molecule has 6 heteroatoms. The third kappa shape index (κ3) is 3.95. The zero-order chi connectivity index (χ0) is 20.2. The number of benzene rings is 2. The van der Waals surface area contributed by atoms with E-state index in [1.807, 2.05) is 42.5 Å². The van der Waals surface area contributed by atoms with Crippen molar-refractivity contribution in [2.45, 2.75) is 12.5 Å². The number of piperazine rings is 1. The Hall–Kier alpha value is -2.96. The summed E-state index contributed by atoms with van der Waals surface area (Å²) >= 11 is 0. The third-order valence-corrected chi connectivity index (χ3v) is 5.52. The molecule has 1 atom stereocenters. The van der Waals surface area contributed by atoms with Crippen molar-refractivity contribution in [2.75, 3.05) is 33.3 Å². The lowest BCUT2D eigenvalue weighted by Gasteiger charge is -2.37. The lowest BCUT2D eigenvalue weighted by Crippen LogP contribution is -2.45. The van der Waals surface area contributed by atoms with Crippen LogP contribution in [0.25, 0.3) is 10.8 Å². The van der Waals surface area contributed by atoms with Gasteiger partial charge < -0.3 is 15.2 Å². The quantitative estimate of drug-likeness (QED) is 0.652. The summed E-state index contributed by atoms with van der Waals surface area (Å²) in [4.78, 5) is 18.7. The molecule has 1 fully saturated rings. The van der Waals surface area contributed by atoms with Gasteiger partial charge in [0.1, 0.15) is 5.75 Å². The number of phenols is 1. The fourth-order valence-corrected chi connectivity index (χ4v) is 4.13. The van der Waals surface area contributed by atoms with Crippen molar-refractivity contribution in [3.8, 4) is 5.75 Å². The first-order valence-corrected chi connectivity index (χ1v) is 9.84. The molecule has 0 saturated carbocycles. The Labute approximate surface area is 170 Å². The summed E-state index contributed by atoms with van der Waals surface area (Å²) in [5.41, 5.74) is 2.59. The van der Waals surface area contributed by atoms with Crippen molar-refractivity contribution in [3.63, 3.8) is 0 Å². The van der Waals surface area contributed by atoms with Crippen LogP contribution in [0.5, 0.6) is 5.75 Å². The zero-order valence-corrected chi connectivity index (χ0v) is 16.5. The molecule has 0 spiro atoms. The Bertz CT molecular complexity index is 1000. The minimum absolute atomic E-state index is 0.109. The van der Waals surface area contributed by atoms with E-state index < -0.39 is 0 Å². The molecule has 0 bridgehead atoms. The van der Waals surface area contributed by atoms with E-state index in [0.29, 0.717) is 0 Å². The molecule has 3 aromatic rings. The number of pyridine rings is 1. The number of ether oxygens (including phenoxy) is 1. The van der Waals surface area contributed by atoms with Crippen molar-refractivity contribution in [3.05, 3.63) is 71.5 Å². The van der Waals surface area contributed by atoms with Gasteiger partial charge >= 0.3 is 5.97 Å². The summed E-state index contributed by atoms with van der Waals surface area (Å²) in [6, 6.07) is 13.5. The number of nitrogens with one attached hydrogen (secondary N) is 1. The first kappa shape index (κ1) is 19.4. The molecule has 2 heterocycles. The highest BCUT2D eigenvalue weighted by atomic mass is 16.5. The molecule has 6 nitrogen and oxygen atoms in total. The Balaban J connectivity index is 1.94. The van der Waals surface area contributed by atoms with Gasteiger partial charge in [-0.15, -0.1) is 0 Å². The van der Waals surface area contributed by atoms with Gasteiger partial charge in [0.25, 0.3) is 0 Å². The molecule has 1 aromatic heterocycles. The van der Waals surface area contributed by atoms with Gasteiger partial charge in [-0.25, -0.2) is 0 Å². The number of carbonyl (C=O) groups is 1. The van der Waals surface area contributed by atoms with Crippen LogP contribution in [0, 0.1) is 0 Å². The van der Waals surface area contributed by atoms with Gasteiger partial charge in [-0.05, 0) is 34.7 Å². The van der Waals surface area contributed by atoms with Crippen molar-refractivity contribution >= 4 is 16.7 Å². The molecule has 29 heavy (non-hydrogen) atoms. The highest BCUT2D eigenvalue weighted by Crippen LogP contribution is 2.41. The topological polar surface area (TPSA) is 74.7 Å². The highest BCUT2D eigenvalue weighted by Gasteiger charge is 2.30. The van der Waals surface area contributed by atoms with Crippen LogP contribution in [0.2, 0.25) is 0 Å². The highest BCUT2D eigenvalue weighted by molar-refractivity contribution is 5.91. The summed E-state index contributed by atoms with van der Waals surface area (Å²) in [6.07, 6.45) is 3.64. The van der Waals surface area contributed by atoms with Crippen molar-refractivity contribution in [1.82, 2.24) is 15.2 Å². The number of carbonyl (C=O) groups excluding carboxylic acids is 1. The van der Waals surface area contributed by atoms with Crippen molar-refractivity contribution in [1.29, 1.82) is 0 Å². The average molecular weight is 391 g/mol. The van der Waals surface area contributed by atoms with Gasteiger partial charge in [0, 0.05) is 49.5 Å². The Morgan fingerprint density at radius 2 is 1.93 bits per heavy atom. The first-order chi connectivity index (χ1) is 14.2. The van der Waals surface area contributed by atoms with Crippen molar-refractivity contribution in [2.24, 2.45) is 0 Å². The van der Waals surface area contributed by atoms with Gasteiger partial charge in [0.05, 0.1) is 19.6 Å². The van der Waals surface area contributed by atoms with Crippen LogP contribution in [-0.2, 0) is 16.0 Å². The van der Waals surface area contributed by atoms with Crippen LogP contribution in [-0.4, -0.2) is 54.2 Å². The maximum Gasteiger partial charge on any atom is 0.309 e. The predicted octanol–water partition coefficient (Wildman–Crippen LogP) is 2.65. The van der Waals surface area contributed by atoms with E-state index >= 15 is 0 Å². The average Bonchev–Trinajstić information content (AvgIpc) is 2.77. The van der Waals surface area contributed by atoms with E-state index in [2.05, 4.69) is 15.2 Å². The number of nitrogens with zero attached hydrogens (tertiary/aromatic N) is 2. The van der Waals surface area contributed by atoms with E-state index in [0.717, 1.165) is 53.6 Å². The Kier molecular flexibility index (Phi) is 5.74. The maximum atomic E-state index is 12.2. The molecule has 1 aliphatic heterocycles. The number of aromatic nitrogens is 1. The first-order valence-electron chi connectivity index (χ1n) is 9.84. The fourth-order valence-electron chi connectivity index (χ4n) is 4.13. The van der Waals surface area contributed by atoms with Crippen LogP contribution >= 0.6 is 0 Å². The molecular weight excluding hydrogens is 366 g/mol. The van der Waals surface area contributed by atoms with Crippen LogP contribution in [0.15, 0.2) is 54.9 Å². The van der Waals surface area contributed by atoms with E-state index in [-0.39, 0.29) is 24.2 Å². The van der Waals surface area contributed by atoms with Gasteiger partial charge in [-0.2, -0.15) is 0 Å². The molecule has 150 valence electrons. The monoisotopic (exact) mass is 391 g/mol. The smallest absolute Gasteiger partial charge is 0.309 e. The zero-order valence-electron chi connectivity index (χ0n) is 16.5. The molecule has 2 N–H and O–H groups in total. The second-order valence-electron chi connectivity index (χ2n) is 7.24. The van der Waals surface area contributed by atoms with Gasteiger partial charge in [-0.3, -0.25) is 14.7 Å². The number of fused-ring (bicyclic) bond motifs is 1. The van der Waals surface area contributed by atoms with Gasteiger partial charge in [0.15, 0.2) is 0 Å². The molecular formula is C23H25N3O3. The standard InChI is InChI=1S/C23H25N3O3/c1-29-20(27)15-18-14-17-4-2-3-5-19(17)23(28)21(18)22(16-6-8-24-9-7-16)26-12-10-25-11-13-26/h2-9,14,22,25,28H,10-13,15H2,1H3. The third-order valence-electron chi connectivity index (χ3n) is 5.52. The number of methoxy groups -OCH3 is 1. The number of hydrogen-bond acceptors (Lipinski definition) is 6. The van der Waals surface area contributed by atoms with Gasteiger partial charge in [0.2, 0.25) is 0 Å². The lowest BCUT2D eigenvalue weighted by atomic mass is 9.88. The SMILES string of the molecule is COC(=O)Cc1cc2ccccc2c(O)c1C(c1ccncc1)N1CCNCC1. The van der Waals surface area contributed by atoms with Crippen LogP contribution < -0.4 is 5.32 Å². The molecule has 1 unspecified atom stereocenters.